The highest BCUT2D eigenvalue weighted by atomic mass is 16.3. The van der Waals surface area contributed by atoms with Crippen LogP contribution in [0.15, 0.2) is 46.9 Å². The number of nitrogens with zero attached hydrogens (tertiary/aromatic N) is 2. The van der Waals surface area contributed by atoms with E-state index in [2.05, 4.69) is 22.1 Å². The van der Waals surface area contributed by atoms with Gasteiger partial charge in [0.05, 0.1) is 0 Å². The Morgan fingerprint density at radius 2 is 1.82 bits per heavy atom. The van der Waals surface area contributed by atoms with Gasteiger partial charge in [-0.3, -0.25) is 0 Å². The predicted octanol–water partition coefficient (Wildman–Crippen LogP) is 3.12. The van der Waals surface area contributed by atoms with Crippen LogP contribution in [0.1, 0.15) is 17.1 Å². The molecule has 3 heteroatoms. The third-order valence-corrected chi connectivity index (χ3v) is 2.65. The van der Waals surface area contributed by atoms with Gasteiger partial charge >= 0.3 is 0 Å². The Balaban J connectivity index is 1.95. The molecule has 0 amide bonds. The lowest BCUT2D eigenvalue weighted by atomic mass is 10.1. The highest BCUT2D eigenvalue weighted by Gasteiger charge is 2.05. The van der Waals surface area contributed by atoms with Crippen LogP contribution in [0, 0.1) is 6.92 Å². The zero-order chi connectivity index (χ0) is 11.7. The molecule has 0 N–H and O–H groups in total. The van der Waals surface area contributed by atoms with Gasteiger partial charge in [-0.25, -0.2) is 4.98 Å². The molecule has 0 fully saturated rings. The summed E-state index contributed by atoms with van der Waals surface area (Å²) in [6, 6.07) is 14.2. The van der Waals surface area contributed by atoms with Crippen molar-refractivity contribution in [2.24, 2.45) is 0 Å². The third kappa shape index (κ3) is 2.04. The van der Waals surface area contributed by atoms with Gasteiger partial charge in [-0.1, -0.05) is 30.3 Å². The highest BCUT2D eigenvalue weighted by Crippen LogP contribution is 2.15. The van der Waals surface area contributed by atoms with Crippen molar-refractivity contribution in [3.8, 4) is 0 Å². The van der Waals surface area contributed by atoms with Crippen molar-refractivity contribution >= 4 is 11.2 Å². The lowest BCUT2D eigenvalue weighted by Gasteiger charge is -1.99. The first kappa shape index (κ1) is 10.0. The van der Waals surface area contributed by atoms with E-state index in [1.807, 2.05) is 37.3 Å². The second kappa shape index (κ2) is 4.01. The molecule has 0 saturated heterocycles. The van der Waals surface area contributed by atoms with Gasteiger partial charge in [0.1, 0.15) is 0 Å². The molecule has 2 heterocycles. The summed E-state index contributed by atoms with van der Waals surface area (Å²) >= 11 is 0. The minimum atomic E-state index is 0.657. The van der Waals surface area contributed by atoms with E-state index < -0.39 is 0 Å². The van der Waals surface area contributed by atoms with Crippen molar-refractivity contribution in [3.05, 3.63) is 59.6 Å². The molecule has 0 aliphatic rings. The van der Waals surface area contributed by atoms with Crippen LogP contribution in [0.25, 0.3) is 11.2 Å². The molecule has 0 spiro atoms. The Bertz CT molecular complexity index is 644. The van der Waals surface area contributed by atoms with Crippen LogP contribution in [0.5, 0.6) is 0 Å². The topological polar surface area (TPSA) is 38.9 Å². The fourth-order valence-electron chi connectivity index (χ4n) is 1.87. The van der Waals surface area contributed by atoms with Crippen LogP contribution in [-0.2, 0) is 6.42 Å². The highest BCUT2D eigenvalue weighted by molar-refractivity contribution is 5.67. The Morgan fingerprint density at radius 3 is 2.65 bits per heavy atom. The number of aromatic nitrogens is 2. The maximum Gasteiger partial charge on any atom is 0.199 e. The van der Waals surface area contributed by atoms with Gasteiger partial charge in [-0.05, 0) is 17.7 Å². The normalized spacial score (nSPS) is 10.9. The summed E-state index contributed by atoms with van der Waals surface area (Å²) in [7, 11) is 0. The molecule has 0 unspecified atom stereocenters. The van der Waals surface area contributed by atoms with Crippen LogP contribution in [0.3, 0.4) is 0 Å². The van der Waals surface area contributed by atoms with Crippen molar-refractivity contribution in [1.29, 1.82) is 0 Å². The molecule has 0 saturated carbocycles. The predicted molar refractivity (Wildman–Crippen MR) is 65.8 cm³/mol. The average molecular weight is 224 g/mol. The van der Waals surface area contributed by atoms with E-state index in [9.17, 15) is 0 Å². The van der Waals surface area contributed by atoms with Gasteiger partial charge < -0.3 is 4.42 Å². The maximum atomic E-state index is 5.40. The first-order chi connectivity index (χ1) is 8.31. The molecule has 0 bridgehead atoms. The first-order valence-corrected chi connectivity index (χ1v) is 5.58. The Labute approximate surface area is 99.1 Å². The van der Waals surface area contributed by atoms with E-state index in [4.69, 9.17) is 4.42 Å². The fourth-order valence-corrected chi connectivity index (χ4v) is 1.87. The van der Waals surface area contributed by atoms with Gasteiger partial charge in [0.15, 0.2) is 17.1 Å². The summed E-state index contributed by atoms with van der Waals surface area (Å²) in [5.74, 6) is 0.657. The van der Waals surface area contributed by atoms with E-state index in [0.29, 0.717) is 11.5 Å². The van der Waals surface area contributed by atoms with E-state index in [1.165, 1.54) is 5.56 Å². The summed E-state index contributed by atoms with van der Waals surface area (Å²) in [6.45, 7) is 1.83. The molecule has 3 nitrogen and oxygen atoms in total. The number of rotatable bonds is 2. The molecule has 0 aliphatic carbocycles. The third-order valence-electron chi connectivity index (χ3n) is 2.65. The van der Waals surface area contributed by atoms with Crippen LogP contribution in [-0.4, -0.2) is 9.97 Å². The van der Waals surface area contributed by atoms with Crippen LogP contribution >= 0.6 is 0 Å². The summed E-state index contributed by atoms with van der Waals surface area (Å²) < 4.78 is 5.40. The molecular formula is C14H12N2O. The summed E-state index contributed by atoms with van der Waals surface area (Å²) in [5.41, 5.74) is 3.70. The lowest BCUT2D eigenvalue weighted by molar-refractivity contribution is 0.561. The van der Waals surface area contributed by atoms with Gasteiger partial charge in [-0.2, -0.15) is 4.98 Å². The van der Waals surface area contributed by atoms with Crippen molar-refractivity contribution in [3.63, 3.8) is 0 Å². The SMILES string of the molecule is Cc1nc2nc(Cc3ccccc3)ccc2o1. The molecule has 3 rings (SSSR count). The molecule has 0 aliphatic heterocycles. The summed E-state index contributed by atoms with van der Waals surface area (Å²) in [5, 5.41) is 0. The number of pyridine rings is 1. The molecule has 17 heavy (non-hydrogen) atoms. The second-order valence-corrected chi connectivity index (χ2v) is 4.02. The minimum absolute atomic E-state index is 0.657. The van der Waals surface area contributed by atoms with Crippen molar-refractivity contribution in [2.45, 2.75) is 13.3 Å². The Morgan fingerprint density at radius 1 is 1.00 bits per heavy atom. The van der Waals surface area contributed by atoms with E-state index in [-0.39, 0.29) is 0 Å². The molecule has 1 aromatic carbocycles. The van der Waals surface area contributed by atoms with Gasteiger partial charge in [0, 0.05) is 19.0 Å². The van der Waals surface area contributed by atoms with Gasteiger partial charge in [0.25, 0.3) is 0 Å². The standard InChI is InChI=1S/C14H12N2O/c1-10-15-14-13(17-10)8-7-12(16-14)9-11-5-3-2-4-6-11/h2-8H,9H2,1H3. The van der Waals surface area contributed by atoms with Crippen molar-refractivity contribution in [2.75, 3.05) is 0 Å². The van der Waals surface area contributed by atoms with Crippen LogP contribution < -0.4 is 0 Å². The van der Waals surface area contributed by atoms with E-state index >= 15 is 0 Å². The number of hydrogen-bond acceptors (Lipinski definition) is 3. The summed E-state index contributed by atoms with van der Waals surface area (Å²) in [6.07, 6.45) is 0.822. The van der Waals surface area contributed by atoms with Crippen LogP contribution in [0.4, 0.5) is 0 Å². The Hall–Kier alpha value is -2.16. The quantitative estimate of drug-likeness (QED) is 0.671. The smallest absolute Gasteiger partial charge is 0.199 e. The zero-order valence-corrected chi connectivity index (χ0v) is 9.55. The largest absolute Gasteiger partial charge is 0.439 e. The zero-order valence-electron chi connectivity index (χ0n) is 9.55. The molecular weight excluding hydrogens is 212 g/mol. The Kier molecular flexibility index (Phi) is 2.37. The van der Waals surface area contributed by atoms with Crippen LogP contribution in [0.2, 0.25) is 0 Å². The number of aryl methyl sites for hydroxylation is 1. The van der Waals surface area contributed by atoms with Crippen molar-refractivity contribution in [1.82, 2.24) is 9.97 Å². The molecule has 0 radical (unpaired) electrons. The molecule has 84 valence electrons. The average Bonchev–Trinajstić information content (AvgIpc) is 2.70. The second-order valence-electron chi connectivity index (χ2n) is 4.02. The molecule has 0 atom stereocenters. The maximum absolute atomic E-state index is 5.40. The van der Waals surface area contributed by atoms with Gasteiger partial charge in [-0.15, -0.1) is 0 Å². The number of fused-ring (bicyclic) bond motifs is 1. The first-order valence-electron chi connectivity index (χ1n) is 5.58. The van der Waals surface area contributed by atoms with E-state index in [1.54, 1.807) is 0 Å². The molecule has 2 aromatic heterocycles. The summed E-state index contributed by atoms with van der Waals surface area (Å²) in [4.78, 5) is 8.72. The fraction of sp³-hybridized carbons (Fsp3) is 0.143. The number of benzene rings is 1. The van der Waals surface area contributed by atoms with Crippen molar-refractivity contribution < 1.29 is 4.42 Å². The molecule has 3 aromatic rings. The van der Waals surface area contributed by atoms with Gasteiger partial charge in [0.2, 0.25) is 0 Å². The minimum Gasteiger partial charge on any atom is -0.439 e. The number of hydrogen-bond donors (Lipinski definition) is 0. The monoisotopic (exact) mass is 224 g/mol. The van der Waals surface area contributed by atoms with E-state index in [0.717, 1.165) is 17.7 Å². The lowest BCUT2D eigenvalue weighted by Crippen LogP contribution is -1.91. The number of oxazole rings is 1.